The predicted molar refractivity (Wildman–Crippen MR) is 45.7 cm³/mol. The highest BCUT2D eigenvalue weighted by atomic mass is 32.2. The first-order chi connectivity index (χ1) is 4.43. The van der Waals surface area contributed by atoms with Crippen molar-refractivity contribution in [3.63, 3.8) is 0 Å². The Bertz CT molecular complexity index is 91.0. The van der Waals surface area contributed by atoms with Gasteiger partial charge in [-0.1, -0.05) is 12.2 Å². The minimum atomic E-state index is 1.11. The van der Waals surface area contributed by atoms with Crippen LogP contribution in [0.25, 0.3) is 0 Å². The first kappa shape index (κ1) is 7.31. The standard InChI is InChI=1S/C5H10N2S2/c8-5-6-7-1-3-9-4-2-7/h5H,1-4H2,(H,6,8). The van der Waals surface area contributed by atoms with E-state index in [-0.39, 0.29) is 0 Å². The van der Waals surface area contributed by atoms with Crippen molar-refractivity contribution in [1.82, 2.24) is 10.4 Å². The highest BCUT2D eigenvalue weighted by Gasteiger charge is 2.06. The summed E-state index contributed by atoms with van der Waals surface area (Å²) in [4.78, 5) is 0. The fourth-order valence-corrected chi connectivity index (χ4v) is 1.82. The van der Waals surface area contributed by atoms with Crippen molar-refractivity contribution in [3.8, 4) is 0 Å². The lowest BCUT2D eigenvalue weighted by molar-refractivity contribution is 0.267. The molecular weight excluding hydrogens is 152 g/mol. The molecule has 0 aromatic rings. The molecular formula is C5H10N2S2. The average molecular weight is 162 g/mol. The highest BCUT2D eigenvalue weighted by Crippen LogP contribution is 2.05. The Balaban J connectivity index is 2.15. The minimum Gasteiger partial charge on any atom is -0.315 e. The normalized spacial score (nSPS) is 21.3. The molecule has 0 aliphatic carbocycles. The molecule has 1 heterocycles. The Kier molecular flexibility index (Phi) is 3.32. The summed E-state index contributed by atoms with van der Waals surface area (Å²) in [6.07, 6.45) is 0. The quantitative estimate of drug-likeness (QED) is 0.594. The topological polar surface area (TPSA) is 15.3 Å². The monoisotopic (exact) mass is 162 g/mol. The van der Waals surface area contributed by atoms with Crippen LogP contribution in [0.5, 0.6) is 0 Å². The molecule has 1 aliphatic rings. The van der Waals surface area contributed by atoms with E-state index in [0.29, 0.717) is 0 Å². The molecule has 52 valence electrons. The van der Waals surface area contributed by atoms with Gasteiger partial charge in [-0.05, 0) is 0 Å². The number of nitrogens with one attached hydrogen (secondary N) is 1. The molecule has 1 saturated heterocycles. The van der Waals surface area contributed by atoms with E-state index in [2.05, 4.69) is 22.7 Å². The van der Waals surface area contributed by atoms with Crippen molar-refractivity contribution < 1.29 is 0 Å². The molecule has 1 fully saturated rings. The van der Waals surface area contributed by atoms with E-state index in [0.717, 1.165) is 13.1 Å². The molecule has 0 bridgehead atoms. The number of rotatable bonds is 2. The number of hydrazine groups is 1. The second-order valence-corrected chi connectivity index (χ2v) is 3.31. The molecule has 1 rings (SSSR count). The zero-order valence-corrected chi connectivity index (χ0v) is 6.80. The van der Waals surface area contributed by atoms with Gasteiger partial charge >= 0.3 is 0 Å². The van der Waals surface area contributed by atoms with Crippen molar-refractivity contribution in [2.75, 3.05) is 24.6 Å². The van der Waals surface area contributed by atoms with Gasteiger partial charge in [-0.15, -0.1) is 0 Å². The van der Waals surface area contributed by atoms with Crippen LogP contribution in [0, 0.1) is 0 Å². The summed E-state index contributed by atoms with van der Waals surface area (Å²) < 4.78 is 0. The van der Waals surface area contributed by atoms with E-state index in [4.69, 9.17) is 0 Å². The van der Waals surface area contributed by atoms with Crippen LogP contribution in [0.15, 0.2) is 0 Å². The largest absolute Gasteiger partial charge is 0.315 e. The van der Waals surface area contributed by atoms with Gasteiger partial charge in [0.05, 0.1) is 5.49 Å². The lowest BCUT2D eigenvalue weighted by atomic mass is 10.6. The lowest BCUT2D eigenvalue weighted by Gasteiger charge is -2.24. The number of hydrogen-bond acceptors (Lipinski definition) is 3. The van der Waals surface area contributed by atoms with Crippen LogP contribution >= 0.6 is 24.0 Å². The summed E-state index contributed by atoms with van der Waals surface area (Å²) in [6, 6.07) is 0. The van der Waals surface area contributed by atoms with Crippen LogP contribution in [0.2, 0.25) is 0 Å². The second-order valence-electron chi connectivity index (χ2n) is 1.85. The van der Waals surface area contributed by atoms with Crippen LogP contribution in [-0.2, 0) is 0 Å². The third-order valence-corrected chi connectivity index (χ3v) is 2.29. The summed E-state index contributed by atoms with van der Waals surface area (Å²) in [6.45, 7) is 2.22. The van der Waals surface area contributed by atoms with Gasteiger partial charge in [0, 0.05) is 24.6 Å². The first-order valence-corrected chi connectivity index (χ1v) is 4.58. The summed E-state index contributed by atoms with van der Waals surface area (Å²) in [5.41, 5.74) is 4.56. The molecule has 0 spiro atoms. The predicted octanol–water partition coefficient (Wildman–Crippen LogP) is 0.497. The van der Waals surface area contributed by atoms with Crippen molar-refractivity contribution in [3.05, 3.63) is 0 Å². The molecule has 0 atom stereocenters. The number of nitrogens with zero attached hydrogens (tertiary/aromatic N) is 1. The van der Waals surface area contributed by atoms with E-state index in [1.165, 1.54) is 11.5 Å². The summed E-state index contributed by atoms with van der Waals surface area (Å²) in [7, 11) is 0. The number of thiocarbonyl (C=S) groups is 1. The molecule has 0 unspecified atom stereocenters. The molecule has 9 heavy (non-hydrogen) atoms. The molecule has 0 saturated carbocycles. The third-order valence-electron chi connectivity index (χ3n) is 1.25. The highest BCUT2D eigenvalue weighted by molar-refractivity contribution is 7.99. The van der Waals surface area contributed by atoms with Crippen molar-refractivity contribution in [1.29, 1.82) is 0 Å². The second kappa shape index (κ2) is 4.09. The van der Waals surface area contributed by atoms with Gasteiger partial charge in [-0.3, -0.25) is 0 Å². The smallest absolute Gasteiger partial charge is 0.0759 e. The van der Waals surface area contributed by atoms with Gasteiger partial charge < -0.3 is 5.43 Å². The summed E-state index contributed by atoms with van der Waals surface area (Å²) in [5, 5.41) is 2.14. The Morgan fingerprint density at radius 1 is 1.44 bits per heavy atom. The third kappa shape index (κ3) is 2.51. The summed E-state index contributed by atoms with van der Waals surface area (Å²) >= 11 is 6.64. The van der Waals surface area contributed by atoms with E-state index in [1.54, 1.807) is 5.49 Å². The maximum Gasteiger partial charge on any atom is 0.0759 e. The zero-order valence-electron chi connectivity index (χ0n) is 5.17. The number of thioether (sulfide) groups is 1. The van der Waals surface area contributed by atoms with Gasteiger partial charge in [-0.25, -0.2) is 5.01 Å². The maximum absolute atomic E-state index is 4.65. The SMILES string of the molecule is S=CNN1CCSCC1. The van der Waals surface area contributed by atoms with Gasteiger partial charge in [0.15, 0.2) is 0 Å². The van der Waals surface area contributed by atoms with Crippen LogP contribution < -0.4 is 5.43 Å². The zero-order chi connectivity index (χ0) is 6.53. The van der Waals surface area contributed by atoms with E-state index >= 15 is 0 Å². The Morgan fingerprint density at radius 3 is 2.67 bits per heavy atom. The minimum absolute atomic E-state index is 1.11. The van der Waals surface area contributed by atoms with Gasteiger partial charge in [0.2, 0.25) is 0 Å². The summed E-state index contributed by atoms with van der Waals surface area (Å²) in [5.74, 6) is 2.44. The lowest BCUT2D eigenvalue weighted by Crippen LogP contribution is -2.42. The van der Waals surface area contributed by atoms with Crippen LogP contribution in [-0.4, -0.2) is 35.1 Å². The first-order valence-electron chi connectivity index (χ1n) is 2.96. The molecule has 0 amide bonds. The van der Waals surface area contributed by atoms with Crippen molar-refractivity contribution >= 4 is 29.5 Å². The fourth-order valence-electron chi connectivity index (χ4n) is 0.767. The fraction of sp³-hybridized carbons (Fsp3) is 0.800. The van der Waals surface area contributed by atoms with E-state index in [1.807, 2.05) is 11.8 Å². The molecule has 0 radical (unpaired) electrons. The van der Waals surface area contributed by atoms with Crippen molar-refractivity contribution in [2.24, 2.45) is 0 Å². The van der Waals surface area contributed by atoms with E-state index < -0.39 is 0 Å². The average Bonchev–Trinajstić information content (AvgIpc) is 1.91. The van der Waals surface area contributed by atoms with Gasteiger partial charge in [0.1, 0.15) is 0 Å². The Labute approximate surface area is 65.0 Å². The Morgan fingerprint density at radius 2 is 2.11 bits per heavy atom. The Hall–Kier alpha value is 0.200. The van der Waals surface area contributed by atoms with Crippen LogP contribution in [0.1, 0.15) is 0 Å². The molecule has 0 aromatic heterocycles. The molecule has 1 aliphatic heterocycles. The van der Waals surface area contributed by atoms with E-state index in [9.17, 15) is 0 Å². The number of hydrogen-bond donors (Lipinski definition) is 1. The maximum atomic E-state index is 4.65. The van der Waals surface area contributed by atoms with Crippen LogP contribution in [0.4, 0.5) is 0 Å². The van der Waals surface area contributed by atoms with Crippen LogP contribution in [0.3, 0.4) is 0 Å². The van der Waals surface area contributed by atoms with Gasteiger partial charge in [0.25, 0.3) is 0 Å². The van der Waals surface area contributed by atoms with Crippen molar-refractivity contribution in [2.45, 2.75) is 0 Å². The van der Waals surface area contributed by atoms with Gasteiger partial charge in [-0.2, -0.15) is 11.8 Å². The molecule has 4 heteroatoms. The molecule has 0 aromatic carbocycles. The molecule has 1 N–H and O–H groups in total. The molecule has 2 nitrogen and oxygen atoms in total.